The van der Waals surface area contributed by atoms with Crippen LogP contribution < -0.4 is 0 Å². The molecule has 0 radical (unpaired) electrons. The van der Waals surface area contributed by atoms with Gasteiger partial charge in [0.15, 0.2) is 0 Å². The zero-order valence-electron chi connectivity index (χ0n) is 22.2. The first-order valence-electron chi connectivity index (χ1n) is 12.0. The maximum atomic E-state index is 5.65. The Kier molecular flexibility index (Phi) is 29.0. The molecule has 2 atom stereocenters. The Balaban J connectivity index is -0.000000529. The van der Waals surface area contributed by atoms with Crippen LogP contribution in [0.3, 0.4) is 0 Å². The summed E-state index contributed by atoms with van der Waals surface area (Å²) in [6.45, 7) is 18.3. The Bertz CT molecular complexity index is 399. The van der Waals surface area contributed by atoms with Crippen molar-refractivity contribution in [1.29, 1.82) is 0 Å². The molecule has 0 saturated carbocycles. The molecule has 0 aromatic heterocycles. The SMILES string of the molecule is CCCCCO[P+]([S-])([S-])OC(C)CC(C)C.CCCCCO[P+]([S-])([S-])OC(C)CC(C)C.[Zn+2]. The molecule has 0 heterocycles. The van der Waals surface area contributed by atoms with Gasteiger partial charge in [-0.15, -0.1) is 0 Å². The number of hydrogen-bond donors (Lipinski definition) is 0. The molecule has 0 aromatic rings. The van der Waals surface area contributed by atoms with E-state index in [1.807, 2.05) is 13.8 Å². The second-order valence-electron chi connectivity index (χ2n) is 9.07. The van der Waals surface area contributed by atoms with Crippen LogP contribution in [0.15, 0.2) is 0 Å². The molecule has 33 heavy (non-hydrogen) atoms. The minimum atomic E-state index is -2.43. The van der Waals surface area contributed by atoms with E-state index in [2.05, 4.69) is 41.5 Å². The quantitative estimate of drug-likeness (QED) is 0.0643. The first kappa shape index (κ1) is 40.2. The van der Waals surface area contributed by atoms with Gasteiger partial charge in [-0.25, -0.2) is 9.05 Å². The standard InChI is InChI=1S/2C11H25O2PS2.Zn/c2*1-5-6-7-8-12-14(15,16)13-11(4)9-10(2)3;/h2*10-11H,5-9H2,1-4H3,(H,15,16);/q;;+2/p-2. The van der Waals surface area contributed by atoms with E-state index in [0.717, 1.165) is 38.5 Å². The fourth-order valence-corrected chi connectivity index (χ4v) is 7.51. The summed E-state index contributed by atoms with van der Waals surface area (Å²) in [6, 6.07) is 0. The van der Waals surface area contributed by atoms with E-state index >= 15 is 0 Å². The predicted molar refractivity (Wildman–Crippen MR) is 154 cm³/mol. The summed E-state index contributed by atoms with van der Waals surface area (Å²) in [7, 11) is 0. The van der Waals surface area contributed by atoms with Crippen LogP contribution in [0.1, 0.15) is 107 Å². The fraction of sp³-hybridized carbons (Fsp3) is 1.00. The number of unbranched alkanes of at least 4 members (excludes halogenated alkanes) is 4. The van der Waals surface area contributed by atoms with Crippen LogP contribution in [-0.4, -0.2) is 25.4 Å². The average molecular weight is 632 g/mol. The van der Waals surface area contributed by atoms with Gasteiger partial charge in [0.05, 0.1) is 25.4 Å². The van der Waals surface area contributed by atoms with Crippen LogP contribution in [0.2, 0.25) is 0 Å². The third kappa shape index (κ3) is 30.8. The summed E-state index contributed by atoms with van der Waals surface area (Å²) in [5.74, 6) is 1.19. The van der Waals surface area contributed by atoms with Gasteiger partial charge >= 0.3 is 19.5 Å². The summed E-state index contributed by atoms with van der Waals surface area (Å²) in [5, 5.41) is 0. The second-order valence-corrected chi connectivity index (χ2v) is 18.9. The fourth-order valence-electron chi connectivity index (χ4n) is 2.97. The zero-order chi connectivity index (χ0) is 25.2. The van der Waals surface area contributed by atoms with Gasteiger partial charge in [-0.3, -0.25) is 9.05 Å². The summed E-state index contributed by atoms with van der Waals surface area (Å²) in [6.07, 6.45) is 4.02. The third-order valence-electron chi connectivity index (χ3n) is 4.22. The summed E-state index contributed by atoms with van der Waals surface area (Å²) in [5.41, 5.74) is 0. The molecule has 0 amide bonds. The smallest absolute Gasteiger partial charge is 0.516 e. The van der Waals surface area contributed by atoms with Crippen molar-refractivity contribution in [1.82, 2.24) is 0 Å². The first-order valence-corrected chi connectivity index (χ1v) is 19.3. The van der Waals surface area contributed by atoms with Crippen molar-refractivity contribution >= 4 is 61.2 Å². The summed E-state index contributed by atoms with van der Waals surface area (Å²) in [4.78, 5) is 0. The van der Waals surface area contributed by atoms with Gasteiger partial charge in [-0.1, -0.05) is 67.2 Å². The molecule has 0 bridgehead atoms. The van der Waals surface area contributed by atoms with Gasteiger partial charge < -0.3 is 49.0 Å². The number of hydrogen-bond acceptors (Lipinski definition) is 8. The van der Waals surface area contributed by atoms with Gasteiger partial charge in [-0.05, 0) is 51.4 Å². The largest absolute Gasteiger partial charge is 2.00 e. The Hall–Kier alpha value is 2.72. The topological polar surface area (TPSA) is 36.9 Å². The van der Waals surface area contributed by atoms with E-state index in [-0.39, 0.29) is 31.7 Å². The van der Waals surface area contributed by atoms with Crippen molar-refractivity contribution in [2.24, 2.45) is 11.8 Å². The molecular formula is C22H48O4P2S4Zn. The zero-order valence-corrected chi connectivity index (χ0v) is 30.3. The summed E-state index contributed by atoms with van der Waals surface area (Å²) < 4.78 is 22.3. The molecule has 0 saturated heterocycles. The maximum Gasteiger partial charge on any atom is 2.00 e. The van der Waals surface area contributed by atoms with E-state index in [0.29, 0.717) is 25.0 Å². The molecule has 196 valence electrons. The molecule has 11 heteroatoms. The molecule has 4 nitrogen and oxygen atoms in total. The van der Waals surface area contributed by atoms with Crippen molar-refractivity contribution < 1.29 is 37.6 Å². The van der Waals surface area contributed by atoms with Crippen LogP contribution in [-0.2, 0) is 86.6 Å². The van der Waals surface area contributed by atoms with Crippen molar-refractivity contribution in [3.05, 3.63) is 0 Å². The van der Waals surface area contributed by atoms with Gasteiger partial charge in [0.1, 0.15) is 0 Å². The molecule has 2 unspecified atom stereocenters. The van der Waals surface area contributed by atoms with Gasteiger partial charge in [0.2, 0.25) is 0 Å². The normalized spacial score (nSPS) is 14.0. The number of rotatable bonds is 18. The van der Waals surface area contributed by atoms with Crippen LogP contribution in [0.5, 0.6) is 0 Å². The van der Waals surface area contributed by atoms with Crippen molar-refractivity contribution in [2.75, 3.05) is 13.2 Å². The van der Waals surface area contributed by atoms with E-state index in [4.69, 9.17) is 67.1 Å². The van der Waals surface area contributed by atoms with Crippen LogP contribution in [0, 0.1) is 11.8 Å². The Morgan fingerprint density at radius 3 is 1.12 bits per heavy atom. The van der Waals surface area contributed by atoms with E-state index < -0.39 is 12.2 Å². The molecule has 0 aliphatic carbocycles. The third-order valence-corrected chi connectivity index (χ3v) is 8.75. The van der Waals surface area contributed by atoms with Crippen molar-refractivity contribution in [2.45, 2.75) is 119 Å². The molecule has 0 aliphatic rings. The monoisotopic (exact) mass is 630 g/mol. The Morgan fingerprint density at radius 2 is 0.879 bits per heavy atom. The van der Waals surface area contributed by atoms with Crippen LogP contribution >= 0.6 is 12.2 Å². The minimum absolute atomic E-state index is 0. The molecule has 0 aliphatic heterocycles. The van der Waals surface area contributed by atoms with E-state index in [9.17, 15) is 0 Å². The predicted octanol–water partition coefficient (Wildman–Crippen LogP) is 8.83. The Morgan fingerprint density at radius 1 is 0.576 bits per heavy atom. The van der Waals surface area contributed by atoms with Gasteiger partial charge in [-0.2, -0.15) is 0 Å². The van der Waals surface area contributed by atoms with Crippen molar-refractivity contribution in [3.63, 3.8) is 0 Å². The van der Waals surface area contributed by atoms with E-state index in [1.165, 1.54) is 12.8 Å². The van der Waals surface area contributed by atoms with Crippen LogP contribution in [0.4, 0.5) is 0 Å². The van der Waals surface area contributed by atoms with E-state index in [1.54, 1.807) is 0 Å². The maximum absolute atomic E-state index is 5.65. The molecule has 0 N–H and O–H groups in total. The van der Waals surface area contributed by atoms with Crippen molar-refractivity contribution in [3.8, 4) is 0 Å². The minimum Gasteiger partial charge on any atom is -0.516 e. The second kappa shape index (κ2) is 23.8. The average Bonchev–Trinajstić information content (AvgIpc) is 2.60. The summed E-state index contributed by atoms with van der Waals surface area (Å²) >= 11 is 20.8. The molecule has 0 fully saturated rings. The van der Waals surface area contributed by atoms with Gasteiger partial charge in [0.25, 0.3) is 0 Å². The first-order chi connectivity index (χ1) is 14.7. The molecular weight excluding hydrogens is 584 g/mol. The molecule has 0 spiro atoms. The molecule has 0 aromatic carbocycles. The Labute approximate surface area is 241 Å². The van der Waals surface area contributed by atoms with Gasteiger partial charge in [0, 0.05) is 12.2 Å². The molecule has 0 rings (SSSR count). The van der Waals surface area contributed by atoms with Crippen LogP contribution in [0.25, 0.3) is 0 Å².